The fourth-order valence-corrected chi connectivity index (χ4v) is 7.88. The Labute approximate surface area is 293 Å². The number of nitrogens with zero attached hydrogens (tertiary/aromatic N) is 2. The standard InChI is InChI=1S/C39H28N2O8S2/c40-41(35-21-29(42)20-25-16-17-30(22-33(25)35)50(44,45)46)36-24-37(43)38(32-19-18-31(23-34(32)36)51(47,48)49)39(26-10-4-1-5-11-26,27-12-6-2-7-13-27)28-14-8-3-9-15-28/h1-24,42-43H,(H,44,45,46)(H,47,48,49). The van der Waals surface area contributed by atoms with Gasteiger partial charge in [-0.25, -0.2) is 4.70 Å². The lowest BCUT2D eigenvalue weighted by molar-refractivity contribution is 0.462. The number of benzene rings is 7. The Morgan fingerprint density at radius 1 is 0.510 bits per heavy atom. The summed E-state index contributed by atoms with van der Waals surface area (Å²) in [6, 6.07) is 39.3. The zero-order valence-corrected chi connectivity index (χ0v) is 28.1. The lowest BCUT2D eigenvalue weighted by Crippen LogP contribution is -2.31. The molecule has 0 amide bonds. The molecule has 0 saturated heterocycles. The number of phenolic OH excluding ortho intramolecular Hbond substituents is 2. The molecule has 51 heavy (non-hydrogen) atoms. The van der Waals surface area contributed by atoms with Crippen LogP contribution in [0.15, 0.2) is 155 Å². The largest absolute Gasteiger partial charge is 0.508 e. The van der Waals surface area contributed by atoms with Crippen LogP contribution in [0.3, 0.4) is 0 Å². The topological polar surface area (TPSA) is 175 Å². The molecular formula is C39H28N2O8S2. The first-order valence-corrected chi connectivity index (χ1v) is 18.4. The van der Waals surface area contributed by atoms with Gasteiger partial charge in [0.2, 0.25) is 11.4 Å². The molecule has 0 bridgehead atoms. The molecule has 0 aliphatic carbocycles. The third-order valence-corrected chi connectivity index (χ3v) is 10.7. The van der Waals surface area contributed by atoms with Crippen LogP contribution in [0.2, 0.25) is 0 Å². The molecule has 0 heterocycles. The molecule has 0 atom stereocenters. The minimum atomic E-state index is -4.78. The van der Waals surface area contributed by atoms with E-state index in [4.69, 9.17) is 0 Å². The molecule has 0 fully saturated rings. The van der Waals surface area contributed by atoms with Crippen LogP contribution in [0, 0.1) is 0 Å². The highest BCUT2D eigenvalue weighted by molar-refractivity contribution is 7.86. The Balaban J connectivity index is 1.63. The van der Waals surface area contributed by atoms with Crippen molar-refractivity contribution in [2.45, 2.75) is 15.2 Å². The van der Waals surface area contributed by atoms with Crippen molar-refractivity contribution in [1.82, 2.24) is 4.70 Å². The average Bonchev–Trinajstić information content (AvgIpc) is 3.12. The van der Waals surface area contributed by atoms with E-state index in [0.29, 0.717) is 10.3 Å². The summed E-state index contributed by atoms with van der Waals surface area (Å²) < 4.78 is 69.6. The van der Waals surface area contributed by atoms with Crippen molar-refractivity contribution >= 4 is 53.2 Å². The van der Waals surface area contributed by atoms with Gasteiger partial charge in [-0.15, -0.1) is 0 Å². The first-order chi connectivity index (χ1) is 24.3. The molecule has 0 aliphatic rings. The van der Waals surface area contributed by atoms with Gasteiger partial charge in [-0.3, -0.25) is 9.11 Å². The van der Waals surface area contributed by atoms with Crippen molar-refractivity contribution < 1.29 is 36.2 Å². The summed E-state index contributed by atoms with van der Waals surface area (Å²) in [5.74, 6) is -0.619. The molecule has 0 saturated carbocycles. The molecule has 0 aromatic heterocycles. The molecule has 0 radical (unpaired) electrons. The molecule has 254 valence electrons. The second-order valence-electron chi connectivity index (χ2n) is 12.0. The maximum atomic E-state index is 12.5. The third kappa shape index (κ3) is 5.79. The summed E-state index contributed by atoms with van der Waals surface area (Å²) >= 11 is 0. The van der Waals surface area contributed by atoms with Gasteiger partial charge in [-0.1, -0.05) is 103 Å². The first-order valence-electron chi connectivity index (χ1n) is 15.5. The fraction of sp³-hybridized carbons (Fsp3) is 0.0256. The number of hydrogen-bond acceptors (Lipinski definition) is 6. The van der Waals surface area contributed by atoms with E-state index in [1.807, 2.05) is 91.0 Å². The molecular weight excluding hydrogens is 689 g/mol. The Hall–Kier alpha value is -5.92. The smallest absolute Gasteiger partial charge is 0.294 e. The Morgan fingerprint density at radius 3 is 1.45 bits per heavy atom. The van der Waals surface area contributed by atoms with Gasteiger partial charge in [0.1, 0.15) is 11.5 Å². The predicted octanol–water partition coefficient (Wildman–Crippen LogP) is 8.14. The fourth-order valence-electron chi connectivity index (χ4n) is 6.87. The van der Waals surface area contributed by atoms with Gasteiger partial charge in [0.15, 0.2) is 0 Å². The maximum absolute atomic E-state index is 12.5. The van der Waals surface area contributed by atoms with E-state index in [1.165, 1.54) is 30.3 Å². The number of phenols is 2. The average molecular weight is 717 g/mol. The van der Waals surface area contributed by atoms with Crippen molar-refractivity contribution in [2.75, 3.05) is 0 Å². The molecule has 7 rings (SSSR count). The summed E-state index contributed by atoms with van der Waals surface area (Å²) in [5.41, 5.74) is 13.0. The lowest BCUT2D eigenvalue weighted by Gasteiger charge is -2.38. The summed E-state index contributed by atoms with van der Waals surface area (Å²) in [7, 11) is -9.45. The molecule has 7 aromatic carbocycles. The molecule has 0 spiro atoms. The van der Waals surface area contributed by atoms with Crippen LogP contribution < -0.4 is 4.70 Å². The molecule has 7 aromatic rings. The van der Waals surface area contributed by atoms with Crippen LogP contribution in [-0.2, 0) is 25.7 Å². The summed E-state index contributed by atoms with van der Waals surface area (Å²) in [6.45, 7) is 0. The quantitative estimate of drug-likeness (QED) is 0.0528. The SMILES string of the molecule is [N-]=[N+](c1cc(O)cc2ccc(S(=O)(=O)O)cc12)c1cc(O)c(C(c2ccccc2)(c2ccccc2)c2ccccc2)c2ccc(S(=O)(=O)O)cc12. The van der Waals surface area contributed by atoms with Gasteiger partial charge in [0.25, 0.3) is 20.2 Å². The second-order valence-corrected chi connectivity index (χ2v) is 14.8. The van der Waals surface area contributed by atoms with Gasteiger partial charge in [-0.05, 0) is 57.8 Å². The zero-order valence-electron chi connectivity index (χ0n) is 26.5. The van der Waals surface area contributed by atoms with Gasteiger partial charge >= 0.3 is 0 Å². The summed E-state index contributed by atoms with van der Waals surface area (Å²) in [5, 5.41) is 23.6. The minimum absolute atomic E-state index is 0.0648. The highest BCUT2D eigenvalue weighted by atomic mass is 32.2. The van der Waals surface area contributed by atoms with E-state index in [9.17, 15) is 41.7 Å². The number of hydrogen-bond donors (Lipinski definition) is 4. The Bertz CT molecular complexity index is 2630. The normalized spacial score (nSPS) is 12.3. The van der Waals surface area contributed by atoms with Gasteiger partial charge < -0.3 is 15.7 Å². The summed E-state index contributed by atoms with van der Waals surface area (Å²) in [4.78, 5) is -0.981. The minimum Gasteiger partial charge on any atom is -0.508 e. The number of rotatable bonds is 8. The van der Waals surface area contributed by atoms with E-state index in [0.717, 1.165) is 41.0 Å². The van der Waals surface area contributed by atoms with Crippen molar-refractivity contribution in [3.05, 3.63) is 173 Å². The highest BCUT2D eigenvalue weighted by Crippen LogP contribution is 2.53. The molecule has 0 aliphatic heterocycles. The molecule has 0 unspecified atom stereocenters. The maximum Gasteiger partial charge on any atom is 0.294 e. The lowest BCUT2D eigenvalue weighted by atomic mass is 9.63. The van der Waals surface area contributed by atoms with Crippen molar-refractivity contribution in [3.63, 3.8) is 0 Å². The Morgan fingerprint density at radius 2 is 0.961 bits per heavy atom. The third-order valence-electron chi connectivity index (χ3n) is 9.00. The van der Waals surface area contributed by atoms with Crippen LogP contribution >= 0.6 is 0 Å². The zero-order chi connectivity index (χ0) is 36.1. The monoisotopic (exact) mass is 716 g/mol. The highest BCUT2D eigenvalue weighted by Gasteiger charge is 2.42. The Kier molecular flexibility index (Phi) is 8.19. The van der Waals surface area contributed by atoms with Crippen LogP contribution in [0.25, 0.3) is 27.1 Å². The van der Waals surface area contributed by atoms with E-state index in [2.05, 4.69) is 0 Å². The van der Waals surface area contributed by atoms with Crippen molar-refractivity contribution in [1.29, 1.82) is 0 Å². The van der Waals surface area contributed by atoms with E-state index in [1.54, 1.807) is 0 Å². The van der Waals surface area contributed by atoms with E-state index < -0.39 is 35.4 Å². The first kappa shape index (κ1) is 33.6. The van der Waals surface area contributed by atoms with Crippen LogP contribution in [-0.4, -0.2) is 36.2 Å². The van der Waals surface area contributed by atoms with Gasteiger partial charge in [0.05, 0.1) is 38.1 Å². The van der Waals surface area contributed by atoms with E-state index in [-0.39, 0.29) is 44.4 Å². The van der Waals surface area contributed by atoms with Crippen LogP contribution in [0.1, 0.15) is 22.3 Å². The predicted molar refractivity (Wildman–Crippen MR) is 194 cm³/mol. The van der Waals surface area contributed by atoms with E-state index >= 15 is 0 Å². The van der Waals surface area contributed by atoms with Gasteiger partial charge in [0, 0.05) is 5.56 Å². The van der Waals surface area contributed by atoms with Crippen LogP contribution in [0.4, 0.5) is 11.4 Å². The summed E-state index contributed by atoms with van der Waals surface area (Å²) in [6.07, 6.45) is 0. The molecule has 4 N–H and O–H groups in total. The second kappa shape index (κ2) is 12.4. The van der Waals surface area contributed by atoms with Crippen molar-refractivity contribution in [3.8, 4) is 11.5 Å². The van der Waals surface area contributed by atoms with Crippen molar-refractivity contribution in [2.24, 2.45) is 0 Å². The van der Waals surface area contributed by atoms with Crippen LogP contribution in [0.5, 0.6) is 11.5 Å². The molecule has 10 nitrogen and oxygen atoms in total. The number of fused-ring (bicyclic) bond motifs is 2. The number of aromatic hydroxyl groups is 2. The molecule has 12 heteroatoms. The van der Waals surface area contributed by atoms with Gasteiger partial charge in [-0.2, -0.15) is 16.8 Å².